The molecule has 0 N–H and O–H groups in total. The van der Waals surface area contributed by atoms with Crippen LogP contribution in [0.4, 0.5) is 8.78 Å². The summed E-state index contributed by atoms with van der Waals surface area (Å²) >= 11 is 0. The molecule has 31 heavy (non-hydrogen) atoms. The number of halogens is 2. The van der Waals surface area contributed by atoms with E-state index >= 15 is 0 Å². The summed E-state index contributed by atoms with van der Waals surface area (Å²) in [5, 5.41) is 9.47. The number of aliphatic imine (C=N–C) groups is 1. The molecule has 0 spiro atoms. The number of fused-ring (bicyclic) bond motifs is 1. The lowest BCUT2D eigenvalue weighted by atomic mass is 9.97. The zero-order chi connectivity index (χ0) is 22.5. The van der Waals surface area contributed by atoms with Crippen LogP contribution in [0.1, 0.15) is 30.7 Å². The highest BCUT2D eigenvalue weighted by molar-refractivity contribution is 5.80. The summed E-state index contributed by atoms with van der Waals surface area (Å²) in [6.07, 6.45) is 5.60. The Morgan fingerprint density at radius 2 is 2.26 bits per heavy atom. The fourth-order valence-corrected chi connectivity index (χ4v) is 3.32. The largest absolute Gasteiger partial charge is 0.485 e. The van der Waals surface area contributed by atoms with Gasteiger partial charge in [0.2, 0.25) is 0 Å². The highest BCUT2D eigenvalue weighted by Crippen LogP contribution is 2.34. The van der Waals surface area contributed by atoms with Crippen molar-refractivity contribution in [2.24, 2.45) is 4.99 Å². The van der Waals surface area contributed by atoms with E-state index in [1.54, 1.807) is 18.3 Å². The average Bonchev–Trinajstić information content (AvgIpc) is 2.79. The first kappa shape index (κ1) is 21.6. The van der Waals surface area contributed by atoms with Crippen molar-refractivity contribution < 1.29 is 13.5 Å². The molecule has 0 amide bonds. The predicted molar refractivity (Wildman–Crippen MR) is 114 cm³/mol. The third-order valence-electron chi connectivity index (χ3n) is 4.82. The van der Waals surface area contributed by atoms with E-state index in [9.17, 15) is 18.8 Å². The maximum Gasteiger partial charge on any atom is 0.263 e. The van der Waals surface area contributed by atoms with Crippen molar-refractivity contribution in [3.63, 3.8) is 0 Å². The van der Waals surface area contributed by atoms with Gasteiger partial charge in [-0.2, -0.15) is 5.26 Å². The fraction of sp³-hybridized carbons (Fsp3) is 0.130. The van der Waals surface area contributed by atoms with Crippen LogP contribution >= 0.6 is 0 Å². The van der Waals surface area contributed by atoms with Crippen LogP contribution in [-0.2, 0) is 11.3 Å². The van der Waals surface area contributed by atoms with Crippen molar-refractivity contribution in [1.82, 2.24) is 9.55 Å². The van der Waals surface area contributed by atoms with E-state index in [2.05, 4.69) is 16.7 Å². The van der Waals surface area contributed by atoms with E-state index in [1.807, 2.05) is 6.07 Å². The number of allylic oxidation sites excluding steroid dienone is 5. The van der Waals surface area contributed by atoms with Crippen LogP contribution in [0.2, 0.25) is 0 Å². The lowest BCUT2D eigenvalue weighted by molar-refractivity contribution is 0.200. The Kier molecular flexibility index (Phi) is 6.36. The van der Waals surface area contributed by atoms with Crippen molar-refractivity contribution in [2.45, 2.75) is 20.5 Å². The SMILES string of the molecule is C=NC1=C(/C=C/F)OCc2c1cc(/C(C)=C(C#N)/C(F)=C\C)c(=O)n2-c1cccnc1. The first-order valence-electron chi connectivity index (χ1n) is 9.22. The molecule has 0 saturated heterocycles. The molecule has 6 nitrogen and oxygen atoms in total. The van der Waals surface area contributed by atoms with Gasteiger partial charge in [0.15, 0.2) is 0 Å². The smallest absolute Gasteiger partial charge is 0.263 e. The van der Waals surface area contributed by atoms with Crippen molar-refractivity contribution in [1.29, 1.82) is 5.26 Å². The quantitative estimate of drug-likeness (QED) is 0.396. The summed E-state index contributed by atoms with van der Waals surface area (Å²) in [5.41, 5.74) is 1.04. The van der Waals surface area contributed by atoms with Gasteiger partial charge < -0.3 is 4.74 Å². The predicted octanol–water partition coefficient (Wildman–Crippen LogP) is 4.79. The number of aromatic nitrogens is 2. The summed E-state index contributed by atoms with van der Waals surface area (Å²) in [5.74, 6) is -0.610. The molecule has 1 aliphatic heterocycles. The van der Waals surface area contributed by atoms with Gasteiger partial charge in [-0.3, -0.25) is 19.3 Å². The number of ether oxygens (including phenoxy) is 1. The maximum absolute atomic E-state index is 14.3. The Morgan fingerprint density at radius 3 is 2.84 bits per heavy atom. The van der Waals surface area contributed by atoms with Gasteiger partial charge in [0, 0.05) is 23.4 Å². The van der Waals surface area contributed by atoms with E-state index in [0.717, 1.165) is 12.2 Å². The van der Waals surface area contributed by atoms with Gasteiger partial charge in [0.25, 0.3) is 5.56 Å². The molecule has 0 radical (unpaired) electrons. The Bertz CT molecular complexity index is 1260. The molecule has 2 aromatic heterocycles. The monoisotopic (exact) mass is 420 g/mol. The molecule has 0 atom stereocenters. The number of hydrogen-bond acceptors (Lipinski definition) is 5. The lowest BCUT2D eigenvalue weighted by Crippen LogP contribution is -2.28. The third kappa shape index (κ3) is 3.85. The van der Waals surface area contributed by atoms with Crippen molar-refractivity contribution in [2.75, 3.05) is 0 Å². The number of nitriles is 1. The molecule has 2 aromatic rings. The topological polar surface area (TPSA) is 80.3 Å². The van der Waals surface area contributed by atoms with Gasteiger partial charge in [-0.1, -0.05) is 6.08 Å². The lowest BCUT2D eigenvalue weighted by Gasteiger charge is -2.24. The van der Waals surface area contributed by atoms with E-state index in [-0.39, 0.29) is 34.8 Å². The van der Waals surface area contributed by atoms with Gasteiger partial charge in [-0.05, 0) is 44.3 Å². The molecule has 1 aliphatic rings. The molecule has 0 unspecified atom stereocenters. The Morgan fingerprint density at radius 1 is 1.48 bits per heavy atom. The van der Waals surface area contributed by atoms with Crippen molar-refractivity contribution >= 4 is 18.0 Å². The van der Waals surface area contributed by atoms with Crippen LogP contribution in [0.5, 0.6) is 0 Å². The highest BCUT2D eigenvalue weighted by Gasteiger charge is 2.26. The van der Waals surface area contributed by atoms with Gasteiger partial charge in [0.05, 0.1) is 29.5 Å². The highest BCUT2D eigenvalue weighted by atomic mass is 19.1. The van der Waals surface area contributed by atoms with E-state index in [1.165, 1.54) is 30.7 Å². The van der Waals surface area contributed by atoms with Crippen LogP contribution < -0.4 is 5.56 Å². The maximum atomic E-state index is 14.3. The molecule has 0 aliphatic carbocycles. The molecule has 0 aromatic carbocycles. The van der Waals surface area contributed by atoms with Crippen LogP contribution in [0.25, 0.3) is 17.0 Å². The molecule has 3 rings (SSSR count). The normalized spacial score (nSPS) is 14.6. The average molecular weight is 420 g/mol. The van der Waals surface area contributed by atoms with Crippen LogP contribution in [0, 0.1) is 11.3 Å². The summed E-state index contributed by atoms with van der Waals surface area (Å²) in [7, 11) is 0. The van der Waals surface area contributed by atoms with Gasteiger partial charge in [0.1, 0.15) is 30.0 Å². The number of nitrogens with zero attached hydrogens (tertiary/aromatic N) is 4. The molecule has 8 heteroatoms. The second kappa shape index (κ2) is 9.13. The summed E-state index contributed by atoms with van der Waals surface area (Å²) in [4.78, 5) is 21.5. The molecular weight excluding hydrogens is 402 g/mol. The fourth-order valence-electron chi connectivity index (χ4n) is 3.32. The van der Waals surface area contributed by atoms with E-state index < -0.39 is 11.4 Å². The summed E-state index contributed by atoms with van der Waals surface area (Å²) in [6.45, 7) is 6.43. The Hall–Kier alpha value is -4.12. The second-order valence-corrected chi connectivity index (χ2v) is 6.47. The molecule has 156 valence electrons. The van der Waals surface area contributed by atoms with Gasteiger partial charge in [-0.15, -0.1) is 0 Å². The first-order valence-corrected chi connectivity index (χ1v) is 9.22. The van der Waals surface area contributed by atoms with Crippen molar-refractivity contribution in [3.8, 4) is 11.8 Å². The van der Waals surface area contributed by atoms with Gasteiger partial charge >= 0.3 is 0 Å². The number of hydrogen-bond donors (Lipinski definition) is 0. The minimum Gasteiger partial charge on any atom is -0.485 e. The zero-order valence-electron chi connectivity index (χ0n) is 16.9. The van der Waals surface area contributed by atoms with E-state index in [4.69, 9.17) is 4.74 Å². The van der Waals surface area contributed by atoms with Crippen LogP contribution in [-0.4, -0.2) is 16.3 Å². The minimum absolute atomic E-state index is 0.0461. The van der Waals surface area contributed by atoms with Gasteiger partial charge in [-0.25, -0.2) is 8.78 Å². The summed E-state index contributed by atoms with van der Waals surface area (Å²) < 4.78 is 34.1. The molecule has 0 bridgehead atoms. The summed E-state index contributed by atoms with van der Waals surface area (Å²) in [6, 6.07) is 6.65. The van der Waals surface area contributed by atoms with Crippen LogP contribution in [0.3, 0.4) is 0 Å². The Labute approximate surface area is 177 Å². The minimum atomic E-state index is -0.743. The first-order chi connectivity index (χ1) is 15.0. The number of pyridine rings is 2. The number of rotatable bonds is 5. The van der Waals surface area contributed by atoms with E-state index in [0.29, 0.717) is 23.3 Å². The molecule has 0 saturated carbocycles. The Balaban J connectivity index is 2.48. The van der Waals surface area contributed by atoms with Crippen LogP contribution in [0.15, 0.2) is 76.0 Å². The third-order valence-corrected chi connectivity index (χ3v) is 4.82. The molecule has 3 heterocycles. The standard InChI is InChI=1S/C23H18F2N4O2/c1-4-19(25)18(11-26)14(2)16-10-17-20(13-31-21(7-8-24)22(17)27-3)29(23(16)30)15-6-5-9-28-12-15/h4-10,12H,3,13H2,1-2H3/b8-7+,18-14+,19-4+. The zero-order valence-corrected chi connectivity index (χ0v) is 16.9. The molecular formula is C23H18F2N4O2. The molecule has 0 fully saturated rings. The second-order valence-electron chi connectivity index (χ2n) is 6.47. The van der Waals surface area contributed by atoms with Crippen molar-refractivity contribution in [3.05, 3.63) is 93.4 Å².